The summed E-state index contributed by atoms with van der Waals surface area (Å²) in [7, 11) is 0. The van der Waals surface area contributed by atoms with Crippen LogP contribution in [0.3, 0.4) is 0 Å². The molecule has 3 aliphatic heterocycles. The fourth-order valence-electron chi connectivity index (χ4n) is 5.44. The van der Waals surface area contributed by atoms with Crippen molar-refractivity contribution in [1.29, 1.82) is 0 Å². The van der Waals surface area contributed by atoms with Gasteiger partial charge in [0.05, 0.1) is 11.3 Å². The predicted octanol–water partition coefficient (Wildman–Crippen LogP) is 2.91. The topological polar surface area (TPSA) is 73.0 Å². The molecule has 5 rings (SSSR count). The van der Waals surface area contributed by atoms with Crippen LogP contribution in [0, 0.1) is 5.82 Å². The molecule has 0 aliphatic carbocycles. The summed E-state index contributed by atoms with van der Waals surface area (Å²) in [5.74, 6) is -0.681. The van der Waals surface area contributed by atoms with Crippen LogP contribution in [-0.4, -0.2) is 58.9 Å². The number of nitrogens with zero attached hydrogens (tertiary/aromatic N) is 3. The third kappa shape index (κ3) is 4.07. The summed E-state index contributed by atoms with van der Waals surface area (Å²) in [5.41, 5.74) is 1.31. The second-order valence-electron chi connectivity index (χ2n) is 9.60. The Bertz CT molecular complexity index is 1110. The Morgan fingerprint density at radius 2 is 1.79 bits per heavy atom. The van der Waals surface area contributed by atoms with Crippen LogP contribution in [0.4, 0.5) is 10.1 Å². The van der Waals surface area contributed by atoms with Crippen LogP contribution >= 0.6 is 0 Å². The van der Waals surface area contributed by atoms with Crippen LogP contribution in [-0.2, 0) is 16.1 Å². The molecule has 2 aromatic rings. The first kappa shape index (κ1) is 22.5. The molecule has 1 N–H and O–H groups in total. The van der Waals surface area contributed by atoms with Gasteiger partial charge in [-0.05, 0) is 56.0 Å². The van der Waals surface area contributed by atoms with Crippen LogP contribution in [0.2, 0.25) is 0 Å². The SMILES string of the molecule is CC12CCC(=O)N1c1ccccc1C(=O)N2CC(=O)NC1CCN(Cc2ccc(F)cc2)CC1. The lowest BCUT2D eigenvalue weighted by Crippen LogP contribution is -2.64. The molecule has 0 saturated carbocycles. The highest BCUT2D eigenvalue weighted by Gasteiger charge is 2.53. The highest BCUT2D eigenvalue weighted by atomic mass is 19.1. The molecule has 7 nitrogen and oxygen atoms in total. The summed E-state index contributed by atoms with van der Waals surface area (Å²) in [6, 6.07) is 13.7. The zero-order valence-electron chi connectivity index (χ0n) is 19.3. The van der Waals surface area contributed by atoms with E-state index < -0.39 is 5.66 Å². The molecule has 3 aliphatic rings. The number of halogens is 1. The minimum Gasteiger partial charge on any atom is -0.352 e. The molecule has 0 aromatic heterocycles. The number of rotatable bonds is 5. The summed E-state index contributed by atoms with van der Waals surface area (Å²) in [6.45, 7) is 4.21. The van der Waals surface area contributed by atoms with Crippen molar-refractivity contribution in [2.24, 2.45) is 0 Å². The number of para-hydroxylation sites is 1. The first-order valence-electron chi connectivity index (χ1n) is 11.9. The number of hydrogen-bond acceptors (Lipinski definition) is 4. The van der Waals surface area contributed by atoms with Gasteiger partial charge in [0, 0.05) is 32.1 Å². The van der Waals surface area contributed by atoms with Gasteiger partial charge in [0.25, 0.3) is 5.91 Å². The van der Waals surface area contributed by atoms with E-state index in [0.29, 0.717) is 24.1 Å². The summed E-state index contributed by atoms with van der Waals surface area (Å²) >= 11 is 0. The van der Waals surface area contributed by atoms with Crippen molar-refractivity contribution >= 4 is 23.4 Å². The van der Waals surface area contributed by atoms with Crippen molar-refractivity contribution in [2.45, 2.75) is 50.9 Å². The Kier molecular flexibility index (Phi) is 5.85. The maximum atomic E-state index is 13.3. The van der Waals surface area contributed by atoms with E-state index in [0.717, 1.165) is 38.0 Å². The Labute approximate surface area is 198 Å². The number of fused-ring (bicyclic) bond motifs is 3. The van der Waals surface area contributed by atoms with E-state index in [2.05, 4.69) is 10.2 Å². The molecule has 1 atom stereocenters. The van der Waals surface area contributed by atoms with Gasteiger partial charge in [-0.3, -0.25) is 24.2 Å². The zero-order chi connectivity index (χ0) is 23.9. The molecule has 0 radical (unpaired) electrons. The fraction of sp³-hybridized carbons (Fsp3) is 0.423. The molecule has 2 fully saturated rings. The minimum absolute atomic E-state index is 0.0265. The summed E-state index contributed by atoms with van der Waals surface area (Å²) in [4.78, 5) is 44.5. The van der Waals surface area contributed by atoms with Gasteiger partial charge in [-0.25, -0.2) is 4.39 Å². The number of piperidine rings is 1. The third-order valence-corrected chi connectivity index (χ3v) is 7.32. The van der Waals surface area contributed by atoms with E-state index in [1.165, 1.54) is 12.1 Å². The van der Waals surface area contributed by atoms with Crippen LogP contribution in [0.25, 0.3) is 0 Å². The zero-order valence-corrected chi connectivity index (χ0v) is 19.3. The van der Waals surface area contributed by atoms with Crippen LogP contribution < -0.4 is 10.2 Å². The molecule has 2 saturated heterocycles. The van der Waals surface area contributed by atoms with Crippen molar-refractivity contribution in [3.63, 3.8) is 0 Å². The largest absolute Gasteiger partial charge is 0.352 e. The highest BCUT2D eigenvalue weighted by Crippen LogP contribution is 2.43. The standard InChI is InChI=1S/C26H29FN4O3/c1-26-13-10-24(33)31(26)22-5-3-2-4-21(22)25(34)30(26)17-23(32)28-20-11-14-29(15-12-20)16-18-6-8-19(27)9-7-18/h2-9,20H,10-17H2,1H3,(H,28,32). The van der Waals surface area contributed by atoms with Gasteiger partial charge in [-0.2, -0.15) is 0 Å². The van der Waals surface area contributed by atoms with E-state index in [4.69, 9.17) is 0 Å². The van der Waals surface area contributed by atoms with Crippen molar-refractivity contribution < 1.29 is 18.8 Å². The van der Waals surface area contributed by atoms with Crippen molar-refractivity contribution in [1.82, 2.24) is 15.1 Å². The number of hydrogen-bond donors (Lipinski definition) is 1. The lowest BCUT2D eigenvalue weighted by Gasteiger charge is -2.48. The van der Waals surface area contributed by atoms with Gasteiger partial charge in [-0.1, -0.05) is 24.3 Å². The number of nitrogens with one attached hydrogen (secondary N) is 1. The van der Waals surface area contributed by atoms with Crippen molar-refractivity contribution in [3.8, 4) is 0 Å². The molecule has 2 aromatic carbocycles. The summed E-state index contributed by atoms with van der Waals surface area (Å²) in [6.07, 6.45) is 2.47. The smallest absolute Gasteiger partial charge is 0.258 e. The van der Waals surface area contributed by atoms with Crippen molar-refractivity contribution in [3.05, 3.63) is 65.5 Å². The quantitative estimate of drug-likeness (QED) is 0.739. The average Bonchev–Trinajstić information content (AvgIpc) is 3.14. The maximum Gasteiger partial charge on any atom is 0.258 e. The Hall–Kier alpha value is -3.26. The van der Waals surface area contributed by atoms with E-state index in [9.17, 15) is 18.8 Å². The minimum atomic E-state index is -0.835. The molecule has 3 amide bonds. The second-order valence-corrected chi connectivity index (χ2v) is 9.60. The first-order valence-corrected chi connectivity index (χ1v) is 11.9. The Balaban J connectivity index is 1.21. The molecule has 0 bridgehead atoms. The average molecular weight is 465 g/mol. The monoisotopic (exact) mass is 464 g/mol. The third-order valence-electron chi connectivity index (χ3n) is 7.32. The van der Waals surface area contributed by atoms with E-state index in [1.807, 2.05) is 13.0 Å². The fourth-order valence-corrected chi connectivity index (χ4v) is 5.44. The first-order chi connectivity index (χ1) is 16.3. The number of carbonyl (C=O) groups is 3. The lowest BCUT2D eigenvalue weighted by atomic mass is 9.98. The molecular weight excluding hydrogens is 435 g/mol. The molecule has 34 heavy (non-hydrogen) atoms. The predicted molar refractivity (Wildman–Crippen MR) is 125 cm³/mol. The Morgan fingerprint density at radius 3 is 2.53 bits per heavy atom. The number of benzene rings is 2. The van der Waals surface area contributed by atoms with Gasteiger partial charge in [0.1, 0.15) is 18.0 Å². The van der Waals surface area contributed by atoms with Crippen LogP contribution in [0.15, 0.2) is 48.5 Å². The molecular formula is C26H29FN4O3. The number of carbonyl (C=O) groups excluding carboxylic acids is 3. The van der Waals surface area contributed by atoms with Gasteiger partial charge < -0.3 is 10.2 Å². The van der Waals surface area contributed by atoms with Crippen LogP contribution in [0.5, 0.6) is 0 Å². The molecule has 0 spiro atoms. The molecule has 3 heterocycles. The van der Waals surface area contributed by atoms with E-state index in [1.54, 1.807) is 40.1 Å². The van der Waals surface area contributed by atoms with Crippen molar-refractivity contribution in [2.75, 3.05) is 24.5 Å². The Morgan fingerprint density at radius 1 is 1.09 bits per heavy atom. The molecule has 178 valence electrons. The maximum absolute atomic E-state index is 13.3. The second kappa shape index (κ2) is 8.83. The number of anilines is 1. The van der Waals surface area contributed by atoms with E-state index >= 15 is 0 Å². The molecule has 1 unspecified atom stereocenters. The summed E-state index contributed by atoms with van der Waals surface area (Å²) < 4.78 is 13.1. The lowest BCUT2D eigenvalue weighted by molar-refractivity contribution is -0.124. The number of likely N-dealkylation sites (tertiary alicyclic amines) is 1. The van der Waals surface area contributed by atoms with Gasteiger partial charge in [0.15, 0.2) is 0 Å². The van der Waals surface area contributed by atoms with Gasteiger partial charge in [-0.15, -0.1) is 0 Å². The highest BCUT2D eigenvalue weighted by molar-refractivity contribution is 6.11. The van der Waals surface area contributed by atoms with Gasteiger partial charge in [0.2, 0.25) is 11.8 Å². The van der Waals surface area contributed by atoms with Crippen LogP contribution in [0.1, 0.15) is 48.5 Å². The van der Waals surface area contributed by atoms with Gasteiger partial charge >= 0.3 is 0 Å². The summed E-state index contributed by atoms with van der Waals surface area (Å²) in [5, 5.41) is 3.10. The molecule has 8 heteroatoms. The number of amides is 3. The van der Waals surface area contributed by atoms with E-state index in [-0.39, 0.29) is 36.1 Å². The normalized spacial score (nSPS) is 23.1.